The van der Waals surface area contributed by atoms with Crippen LogP contribution in [-0.4, -0.2) is 49.9 Å². The van der Waals surface area contributed by atoms with Gasteiger partial charge in [0.1, 0.15) is 0 Å². The maximum atomic E-state index is 12.7. The zero-order chi connectivity index (χ0) is 20.1. The Morgan fingerprint density at radius 2 is 1.96 bits per heavy atom. The predicted octanol–water partition coefficient (Wildman–Crippen LogP) is 2.19. The lowest BCUT2D eigenvalue weighted by atomic mass is 10.3. The van der Waals surface area contributed by atoms with E-state index >= 15 is 0 Å². The van der Waals surface area contributed by atoms with Crippen LogP contribution in [0.2, 0.25) is 5.02 Å². The molecule has 0 atom stereocenters. The number of nitrogens with one attached hydrogen (secondary N) is 2. The molecule has 28 heavy (non-hydrogen) atoms. The van der Waals surface area contributed by atoms with Crippen LogP contribution in [0.25, 0.3) is 0 Å². The van der Waals surface area contributed by atoms with Gasteiger partial charge in [0.15, 0.2) is 0 Å². The molecule has 1 fully saturated rings. The number of hydrogen-bond acceptors (Lipinski definition) is 5. The molecule has 1 heterocycles. The van der Waals surface area contributed by atoms with Crippen LogP contribution in [0.4, 0.5) is 5.69 Å². The summed E-state index contributed by atoms with van der Waals surface area (Å²) in [5.41, 5.74) is 0.379. The van der Waals surface area contributed by atoms with E-state index < -0.39 is 10.0 Å². The van der Waals surface area contributed by atoms with Gasteiger partial charge < -0.3 is 10.6 Å². The minimum Gasteiger partial charge on any atom is -0.354 e. The van der Waals surface area contributed by atoms with Gasteiger partial charge in [0, 0.05) is 28.7 Å². The third-order valence-electron chi connectivity index (χ3n) is 3.94. The maximum absolute atomic E-state index is 12.7. The summed E-state index contributed by atoms with van der Waals surface area (Å²) in [5, 5.41) is 5.91. The molecule has 0 aromatic heterocycles. The van der Waals surface area contributed by atoms with Crippen molar-refractivity contribution in [2.45, 2.75) is 9.79 Å². The molecular weight excluding hydrogens is 422 g/mol. The molecule has 7 nitrogen and oxygen atoms in total. The van der Waals surface area contributed by atoms with Crippen molar-refractivity contribution in [1.82, 2.24) is 9.62 Å². The van der Waals surface area contributed by atoms with Gasteiger partial charge in [-0.15, -0.1) is 11.8 Å². The Balaban J connectivity index is 1.64. The highest BCUT2D eigenvalue weighted by molar-refractivity contribution is 8.00. The smallest absolute Gasteiger partial charge is 0.243 e. The van der Waals surface area contributed by atoms with E-state index in [9.17, 15) is 18.0 Å². The van der Waals surface area contributed by atoms with Crippen LogP contribution < -0.4 is 10.6 Å². The van der Waals surface area contributed by atoms with Crippen molar-refractivity contribution in [3.8, 4) is 0 Å². The number of carbonyl (C=O) groups is 2. The second-order valence-corrected chi connectivity index (χ2v) is 9.43. The van der Waals surface area contributed by atoms with Gasteiger partial charge in [0.2, 0.25) is 21.8 Å². The van der Waals surface area contributed by atoms with Crippen LogP contribution in [0.1, 0.15) is 0 Å². The molecule has 2 aromatic carbocycles. The zero-order valence-corrected chi connectivity index (χ0v) is 17.1. The second-order valence-electron chi connectivity index (χ2n) is 6.01. The van der Waals surface area contributed by atoms with Crippen molar-refractivity contribution in [1.29, 1.82) is 0 Å². The Bertz CT molecular complexity index is 981. The average molecular weight is 440 g/mol. The van der Waals surface area contributed by atoms with Gasteiger partial charge in [-0.3, -0.25) is 9.59 Å². The van der Waals surface area contributed by atoms with Gasteiger partial charge in [0.05, 0.1) is 17.2 Å². The van der Waals surface area contributed by atoms with Crippen LogP contribution in [0, 0.1) is 0 Å². The van der Waals surface area contributed by atoms with Crippen LogP contribution in [-0.2, 0) is 19.6 Å². The summed E-state index contributed by atoms with van der Waals surface area (Å²) >= 11 is 7.18. The first-order valence-corrected chi connectivity index (χ1v) is 11.2. The molecule has 0 bridgehead atoms. The van der Waals surface area contributed by atoms with Crippen molar-refractivity contribution >= 4 is 50.9 Å². The fraction of sp³-hybridized carbons (Fsp3) is 0.222. The molecule has 2 aromatic rings. The minimum absolute atomic E-state index is 0.0327. The van der Waals surface area contributed by atoms with E-state index in [2.05, 4.69) is 10.6 Å². The van der Waals surface area contributed by atoms with Gasteiger partial charge >= 0.3 is 0 Å². The van der Waals surface area contributed by atoms with Crippen molar-refractivity contribution in [2.24, 2.45) is 0 Å². The Labute approximate surface area is 172 Å². The molecule has 2 amide bonds. The van der Waals surface area contributed by atoms with E-state index in [1.807, 2.05) is 12.1 Å². The Hall–Kier alpha value is -2.07. The Morgan fingerprint density at radius 1 is 1.21 bits per heavy atom. The maximum Gasteiger partial charge on any atom is 0.243 e. The van der Waals surface area contributed by atoms with Crippen molar-refractivity contribution in [2.75, 3.05) is 30.7 Å². The molecule has 0 spiro atoms. The lowest BCUT2D eigenvalue weighted by molar-refractivity contribution is -0.122. The molecule has 0 aliphatic carbocycles. The number of anilines is 1. The molecule has 3 rings (SSSR count). The number of benzene rings is 2. The SMILES string of the molecule is O=C1CN(S(=O)(=O)c2cccc(NC(=O)CSc3ccc(Cl)cc3)c2)CCN1. The second kappa shape index (κ2) is 8.95. The quantitative estimate of drug-likeness (QED) is 0.673. The summed E-state index contributed by atoms with van der Waals surface area (Å²) in [7, 11) is -3.81. The molecule has 0 radical (unpaired) electrons. The average Bonchev–Trinajstić information content (AvgIpc) is 2.68. The van der Waals surface area contributed by atoms with Crippen LogP contribution in [0.3, 0.4) is 0 Å². The summed E-state index contributed by atoms with van der Waals surface area (Å²) in [6.45, 7) is 0.273. The van der Waals surface area contributed by atoms with Gasteiger partial charge in [-0.25, -0.2) is 8.42 Å². The van der Waals surface area contributed by atoms with E-state index in [4.69, 9.17) is 11.6 Å². The standard InChI is InChI=1S/C18H18ClN3O4S2/c19-13-4-6-15(7-5-13)27-12-18(24)21-14-2-1-3-16(10-14)28(25,26)22-9-8-20-17(23)11-22/h1-7,10H,8-9,11-12H2,(H,20,23)(H,21,24). The van der Waals surface area contributed by atoms with Gasteiger partial charge in [-0.05, 0) is 42.5 Å². The Kier molecular flexibility index (Phi) is 6.61. The molecule has 0 unspecified atom stereocenters. The highest BCUT2D eigenvalue weighted by Crippen LogP contribution is 2.22. The fourth-order valence-corrected chi connectivity index (χ4v) is 4.85. The van der Waals surface area contributed by atoms with Crippen molar-refractivity contribution in [3.63, 3.8) is 0 Å². The largest absolute Gasteiger partial charge is 0.354 e. The number of piperazine rings is 1. The number of halogens is 1. The van der Waals surface area contributed by atoms with Crippen molar-refractivity contribution < 1.29 is 18.0 Å². The molecular formula is C18H18ClN3O4S2. The van der Waals surface area contributed by atoms with E-state index in [1.165, 1.54) is 23.9 Å². The first-order valence-electron chi connectivity index (χ1n) is 8.40. The molecule has 2 N–H and O–H groups in total. The minimum atomic E-state index is -3.81. The molecule has 1 saturated heterocycles. The van der Waals surface area contributed by atoms with Crippen molar-refractivity contribution in [3.05, 3.63) is 53.6 Å². The third-order valence-corrected chi connectivity index (χ3v) is 7.05. The normalized spacial score (nSPS) is 15.1. The monoisotopic (exact) mass is 439 g/mol. The highest BCUT2D eigenvalue weighted by Gasteiger charge is 2.29. The molecule has 0 saturated carbocycles. The fourth-order valence-electron chi connectivity index (χ4n) is 2.58. The van der Waals surface area contributed by atoms with E-state index in [1.54, 1.807) is 24.3 Å². The summed E-state index contributed by atoms with van der Waals surface area (Å²) in [6.07, 6.45) is 0. The summed E-state index contributed by atoms with van der Waals surface area (Å²) in [5.74, 6) is -0.421. The third kappa shape index (κ3) is 5.26. The lowest BCUT2D eigenvalue weighted by Gasteiger charge is -2.26. The lowest BCUT2D eigenvalue weighted by Crippen LogP contribution is -2.49. The summed E-state index contributed by atoms with van der Waals surface area (Å²) < 4.78 is 26.6. The number of hydrogen-bond donors (Lipinski definition) is 2. The number of carbonyl (C=O) groups excluding carboxylic acids is 2. The molecule has 148 valence electrons. The summed E-state index contributed by atoms with van der Waals surface area (Å²) in [4.78, 5) is 24.6. The van der Waals surface area contributed by atoms with E-state index in [0.29, 0.717) is 10.7 Å². The van der Waals surface area contributed by atoms with E-state index in [0.717, 1.165) is 9.20 Å². The number of thioether (sulfide) groups is 1. The molecule has 10 heteroatoms. The van der Waals surface area contributed by atoms with Gasteiger partial charge in [-0.2, -0.15) is 4.31 Å². The number of nitrogens with zero attached hydrogens (tertiary/aromatic N) is 1. The first kappa shape index (κ1) is 20.7. The number of sulfonamides is 1. The highest BCUT2D eigenvalue weighted by atomic mass is 35.5. The van der Waals surface area contributed by atoms with Crippen LogP contribution in [0.15, 0.2) is 58.3 Å². The number of rotatable bonds is 6. The van der Waals surface area contributed by atoms with Gasteiger partial charge in [0.25, 0.3) is 0 Å². The van der Waals surface area contributed by atoms with E-state index in [-0.39, 0.29) is 42.1 Å². The van der Waals surface area contributed by atoms with Gasteiger partial charge in [-0.1, -0.05) is 17.7 Å². The predicted molar refractivity (Wildman–Crippen MR) is 109 cm³/mol. The zero-order valence-electron chi connectivity index (χ0n) is 14.7. The first-order chi connectivity index (χ1) is 13.3. The Morgan fingerprint density at radius 3 is 2.68 bits per heavy atom. The topological polar surface area (TPSA) is 95.6 Å². The van der Waals surface area contributed by atoms with Crippen LogP contribution in [0.5, 0.6) is 0 Å². The van der Waals surface area contributed by atoms with Crippen LogP contribution >= 0.6 is 23.4 Å². The molecule has 1 aliphatic heterocycles. The summed E-state index contributed by atoms with van der Waals surface area (Å²) in [6, 6.07) is 13.1. The number of amides is 2. The molecule has 1 aliphatic rings.